The topological polar surface area (TPSA) is 104 Å². The highest BCUT2D eigenvalue weighted by molar-refractivity contribution is 5.97. The number of benzene rings is 1. The number of carbonyl (C=O) groups is 1. The van der Waals surface area contributed by atoms with Crippen molar-refractivity contribution in [1.82, 2.24) is 0 Å². The zero-order chi connectivity index (χ0) is 16.6. The van der Waals surface area contributed by atoms with Gasteiger partial charge in [-0.15, -0.1) is 0 Å². The van der Waals surface area contributed by atoms with Gasteiger partial charge in [-0.05, 0) is 37.4 Å². The first kappa shape index (κ1) is 15.6. The fourth-order valence-corrected chi connectivity index (χ4v) is 1.95. The molecule has 0 unspecified atom stereocenters. The maximum absolute atomic E-state index is 13.5. The van der Waals surface area contributed by atoms with E-state index in [-0.39, 0.29) is 10.9 Å². The van der Waals surface area contributed by atoms with Gasteiger partial charge in [-0.2, -0.15) is 0 Å². The quantitative estimate of drug-likeness (QED) is 0.579. The fraction of sp³-hybridized carbons (Fsp3) is 0.200. The molecule has 0 aromatic heterocycles. The van der Waals surface area contributed by atoms with Crippen LogP contribution in [-0.2, 0) is 4.74 Å². The predicted molar refractivity (Wildman–Crippen MR) is 75.7 cm³/mol. The molecule has 0 aliphatic carbocycles. The molecule has 2 aromatic rings. The molecule has 2 rings (SSSR count). The van der Waals surface area contributed by atoms with Crippen LogP contribution in [0.5, 0.6) is 17.2 Å². The van der Waals surface area contributed by atoms with Gasteiger partial charge < -0.3 is 20.1 Å². The number of hydrogen-bond acceptors (Lipinski definition) is 6. The summed E-state index contributed by atoms with van der Waals surface area (Å²) < 4.78 is 18.5. The molecule has 2 aromatic carbocycles. The minimum Gasteiger partial charge on any atom is -0.504 e. The van der Waals surface area contributed by atoms with Crippen molar-refractivity contribution in [2.24, 2.45) is 0 Å². The van der Waals surface area contributed by atoms with E-state index in [4.69, 9.17) is 4.74 Å². The molecule has 0 bridgehead atoms. The number of rotatable bonds is 2. The van der Waals surface area contributed by atoms with Crippen LogP contribution in [0.3, 0.4) is 0 Å². The Bertz CT molecular complexity index is 828. The smallest absolute Gasteiger partial charge is 0.338 e. The van der Waals surface area contributed by atoms with Crippen LogP contribution in [0, 0.1) is 5.82 Å². The fourth-order valence-electron chi connectivity index (χ4n) is 1.95. The van der Waals surface area contributed by atoms with E-state index in [1.54, 1.807) is 13.8 Å². The number of phenolic OH excluding ortho intramolecular Hbond substituents is 2. The van der Waals surface area contributed by atoms with Crippen LogP contribution in [0.1, 0.15) is 24.2 Å². The maximum atomic E-state index is 13.5. The molecule has 22 heavy (non-hydrogen) atoms. The van der Waals surface area contributed by atoms with Crippen molar-refractivity contribution in [3.63, 3.8) is 0 Å². The van der Waals surface area contributed by atoms with Crippen molar-refractivity contribution in [2.75, 3.05) is 0 Å². The molecular formula is C15H13FO6. The van der Waals surface area contributed by atoms with Crippen molar-refractivity contribution in [3.05, 3.63) is 39.8 Å². The Balaban J connectivity index is 2.86. The summed E-state index contributed by atoms with van der Waals surface area (Å²) in [4.78, 5) is 23.9. The van der Waals surface area contributed by atoms with E-state index in [1.165, 1.54) is 0 Å². The summed E-state index contributed by atoms with van der Waals surface area (Å²) in [7, 11) is 0. The molecule has 0 heterocycles. The number of carbonyl (C=O) groups excluding carboxylic acids is 1. The van der Waals surface area contributed by atoms with Crippen LogP contribution in [0.25, 0.3) is 10.8 Å². The van der Waals surface area contributed by atoms with Crippen molar-refractivity contribution in [2.45, 2.75) is 20.0 Å². The number of halogens is 1. The van der Waals surface area contributed by atoms with Crippen molar-refractivity contribution in [1.29, 1.82) is 0 Å². The molecule has 0 radical (unpaired) electrons. The second kappa shape index (κ2) is 5.51. The Labute approximate surface area is 124 Å². The molecule has 0 fully saturated rings. The van der Waals surface area contributed by atoms with Gasteiger partial charge in [-0.3, -0.25) is 4.79 Å². The predicted octanol–water partition coefficient (Wildman–Crippen LogP) is 2.02. The van der Waals surface area contributed by atoms with Gasteiger partial charge in [0.1, 0.15) is 0 Å². The molecule has 7 heteroatoms. The minimum absolute atomic E-state index is 0.159. The zero-order valence-corrected chi connectivity index (χ0v) is 11.8. The molecule has 0 spiro atoms. The summed E-state index contributed by atoms with van der Waals surface area (Å²) in [5.41, 5.74) is -1.24. The third kappa shape index (κ3) is 2.65. The number of hydrogen-bond donors (Lipinski definition) is 3. The van der Waals surface area contributed by atoms with Crippen molar-refractivity contribution in [3.8, 4) is 17.2 Å². The summed E-state index contributed by atoms with van der Waals surface area (Å²) in [6.07, 6.45) is -0.438. The lowest BCUT2D eigenvalue weighted by atomic mass is 10.1. The second-order valence-electron chi connectivity index (χ2n) is 4.93. The average Bonchev–Trinajstić information content (AvgIpc) is 2.54. The standard InChI is InChI=1S/C15H13FO6/c1-6(2)22-15(21)8-3-7-4-9(16)12(18)14(20)11(7)13(19)10(17)5-8/h3-6,18,20H,1-2H3,(H,17,19). The van der Waals surface area contributed by atoms with Crippen molar-refractivity contribution >= 4 is 16.7 Å². The van der Waals surface area contributed by atoms with Crippen LogP contribution < -0.4 is 5.43 Å². The van der Waals surface area contributed by atoms with Gasteiger partial charge in [-0.1, -0.05) is 0 Å². The van der Waals surface area contributed by atoms with E-state index in [2.05, 4.69) is 0 Å². The highest BCUT2D eigenvalue weighted by Crippen LogP contribution is 2.35. The Morgan fingerprint density at radius 1 is 1.14 bits per heavy atom. The highest BCUT2D eigenvalue weighted by Gasteiger charge is 2.18. The Morgan fingerprint density at radius 2 is 1.77 bits per heavy atom. The van der Waals surface area contributed by atoms with E-state index >= 15 is 0 Å². The van der Waals surface area contributed by atoms with Gasteiger partial charge in [0.2, 0.25) is 5.43 Å². The monoisotopic (exact) mass is 308 g/mol. The van der Waals surface area contributed by atoms with Gasteiger partial charge >= 0.3 is 5.97 Å². The Morgan fingerprint density at radius 3 is 2.36 bits per heavy atom. The summed E-state index contributed by atoms with van der Waals surface area (Å²) in [5.74, 6) is -4.95. The molecule has 6 nitrogen and oxygen atoms in total. The Hall–Kier alpha value is -2.83. The van der Waals surface area contributed by atoms with Crippen LogP contribution in [0.4, 0.5) is 4.39 Å². The molecule has 0 atom stereocenters. The van der Waals surface area contributed by atoms with Gasteiger partial charge in [-0.25, -0.2) is 9.18 Å². The van der Waals surface area contributed by atoms with Crippen LogP contribution in [0.2, 0.25) is 0 Å². The summed E-state index contributed by atoms with van der Waals surface area (Å²) in [6.45, 7) is 3.22. The average molecular weight is 308 g/mol. The van der Waals surface area contributed by atoms with Crippen LogP contribution in [-0.4, -0.2) is 27.4 Å². The number of ether oxygens (including phenoxy) is 1. The van der Waals surface area contributed by atoms with E-state index in [1.807, 2.05) is 0 Å². The maximum Gasteiger partial charge on any atom is 0.338 e. The molecular weight excluding hydrogens is 295 g/mol. The molecule has 0 amide bonds. The first-order valence-corrected chi connectivity index (χ1v) is 6.34. The van der Waals surface area contributed by atoms with Crippen molar-refractivity contribution < 1.29 is 29.2 Å². The van der Waals surface area contributed by atoms with E-state index in [0.29, 0.717) is 0 Å². The molecule has 0 aliphatic heterocycles. The van der Waals surface area contributed by atoms with E-state index in [9.17, 15) is 29.3 Å². The summed E-state index contributed by atoms with van der Waals surface area (Å²) >= 11 is 0. The lowest BCUT2D eigenvalue weighted by Crippen LogP contribution is -2.11. The number of aromatic hydroxyl groups is 3. The third-order valence-electron chi connectivity index (χ3n) is 2.90. The van der Waals surface area contributed by atoms with Crippen LogP contribution in [0.15, 0.2) is 23.0 Å². The number of esters is 1. The number of phenols is 2. The second-order valence-corrected chi connectivity index (χ2v) is 4.93. The summed E-state index contributed by atoms with van der Waals surface area (Å²) in [6, 6.07) is 2.72. The van der Waals surface area contributed by atoms with Crippen LogP contribution >= 0.6 is 0 Å². The normalized spacial score (nSPS) is 10.9. The summed E-state index contributed by atoms with van der Waals surface area (Å²) in [5, 5.41) is 28.1. The third-order valence-corrected chi connectivity index (χ3v) is 2.90. The van der Waals surface area contributed by atoms with Gasteiger partial charge in [0.25, 0.3) is 0 Å². The SMILES string of the molecule is CC(C)OC(=O)c1cc(O)c(=O)c2c(O)c(O)c(F)cc2c1. The van der Waals surface area contributed by atoms with Gasteiger partial charge in [0.15, 0.2) is 23.1 Å². The largest absolute Gasteiger partial charge is 0.504 e. The van der Waals surface area contributed by atoms with E-state index in [0.717, 1.165) is 18.2 Å². The first-order chi connectivity index (χ1) is 10.2. The molecule has 0 saturated heterocycles. The highest BCUT2D eigenvalue weighted by atomic mass is 19.1. The first-order valence-electron chi connectivity index (χ1n) is 6.34. The minimum atomic E-state index is -1.17. The molecule has 0 saturated carbocycles. The molecule has 0 aliphatic rings. The lowest BCUT2D eigenvalue weighted by Gasteiger charge is -2.06. The number of fused-ring (bicyclic) bond motifs is 1. The zero-order valence-electron chi connectivity index (χ0n) is 11.8. The molecule has 116 valence electrons. The van der Waals surface area contributed by atoms with E-state index < -0.39 is 46.0 Å². The van der Waals surface area contributed by atoms with Gasteiger partial charge in [0, 0.05) is 0 Å². The Kier molecular flexibility index (Phi) is 3.90. The van der Waals surface area contributed by atoms with Gasteiger partial charge in [0.05, 0.1) is 17.1 Å². The molecule has 3 N–H and O–H groups in total. The lowest BCUT2D eigenvalue weighted by molar-refractivity contribution is 0.0377.